The molecule has 0 aliphatic heterocycles. The second-order valence-electron chi connectivity index (χ2n) is 6.23. The lowest BCUT2D eigenvalue weighted by Crippen LogP contribution is -2.41. The molecule has 0 aromatic heterocycles. The van der Waals surface area contributed by atoms with E-state index in [1.165, 1.54) is 11.1 Å². The molecule has 0 aliphatic rings. The molecular formula is C21H28N4O. The van der Waals surface area contributed by atoms with Crippen molar-refractivity contribution in [2.24, 2.45) is 4.99 Å². The van der Waals surface area contributed by atoms with Crippen molar-refractivity contribution in [1.82, 2.24) is 16.0 Å². The molecule has 26 heavy (non-hydrogen) atoms. The highest BCUT2D eigenvalue weighted by Crippen LogP contribution is 2.04. The molecule has 1 amide bonds. The first-order valence-electron chi connectivity index (χ1n) is 9.01. The molecule has 2 aromatic rings. The van der Waals surface area contributed by atoms with Gasteiger partial charge < -0.3 is 16.0 Å². The van der Waals surface area contributed by atoms with Gasteiger partial charge in [-0.15, -0.1) is 0 Å². The molecule has 3 N–H and O–H groups in total. The van der Waals surface area contributed by atoms with Crippen LogP contribution in [0.3, 0.4) is 0 Å². The number of carbonyl (C=O) groups is 1. The monoisotopic (exact) mass is 352 g/mol. The largest absolute Gasteiger partial charge is 0.357 e. The highest BCUT2D eigenvalue weighted by Gasteiger charge is 2.04. The summed E-state index contributed by atoms with van der Waals surface area (Å²) in [5.74, 6) is 0.690. The van der Waals surface area contributed by atoms with E-state index in [9.17, 15) is 4.79 Å². The molecule has 2 rings (SSSR count). The van der Waals surface area contributed by atoms with Gasteiger partial charge in [-0.25, -0.2) is 4.99 Å². The average molecular weight is 352 g/mol. The van der Waals surface area contributed by atoms with Crippen LogP contribution in [-0.4, -0.2) is 31.5 Å². The lowest BCUT2D eigenvalue weighted by atomic mass is 10.1. The molecule has 0 fully saturated rings. The summed E-state index contributed by atoms with van der Waals surface area (Å²) in [6, 6.07) is 15.9. The first kappa shape index (κ1) is 19.5. The van der Waals surface area contributed by atoms with Crippen molar-refractivity contribution >= 4 is 11.9 Å². The number of aliphatic imine (C=N–C) groups is 1. The smallest absolute Gasteiger partial charge is 0.251 e. The van der Waals surface area contributed by atoms with Crippen LogP contribution in [0.1, 0.15) is 34.0 Å². The molecule has 5 nitrogen and oxygen atoms in total. The highest BCUT2D eigenvalue weighted by atomic mass is 16.1. The van der Waals surface area contributed by atoms with Crippen LogP contribution in [0.2, 0.25) is 0 Å². The van der Waals surface area contributed by atoms with E-state index in [2.05, 4.69) is 52.1 Å². The Morgan fingerprint density at radius 3 is 2.35 bits per heavy atom. The molecular weight excluding hydrogens is 324 g/mol. The zero-order valence-electron chi connectivity index (χ0n) is 15.8. The molecule has 138 valence electrons. The third-order valence-electron chi connectivity index (χ3n) is 3.87. The summed E-state index contributed by atoms with van der Waals surface area (Å²) in [6.07, 6.45) is 0. The quantitative estimate of drug-likeness (QED) is 0.408. The maximum Gasteiger partial charge on any atom is 0.251 e. The van der Waals surface area contributed by atoms with Crippen molar-refractivity contribution in [3.63, 3.8) is 0 Å². The number of benzene rings is 2. The summed E-state index contributed by atoms with van der Waals surface area (Å²) < 4.78 is 0. The molecule has 0 bridgehead atoms. The maximum absolute atomic E-state index is 12.1. The fourth-order valence-corrected chi connectivity index (χ4v) is 2.45. The standard InChI is InChI=1S/C21H28N4O/c1-4-22-21(25-15-18-10-8-16(2)9-11-18)24-13-12-23-20(26)19-7-5-6-17(3)14-19/h5-11,14H,4,12-13,15H2,1-3H3,(H,23,26)(H2,22,24,25). The summed E-state index contributed by atoms with van der Waals surface area (Å²) in [6.45, 7) is 8.62. The van der Waals surface area contributed by atoms with Gasteiger partial charge >= 0.3 is 0 Å². The SMILES string of the molecule is CCNC(=NCc1ccc(C)cc1)NCCNC(=O)c1cccc(C)c1. The molecule has 5 heteroatoms. The lowest BCUT2D eigenvalue weighted by molar-refractivity contribution is 0.0954. The van der Waals surface area contributed by atoms with E-state index in [1.54, 1.807) is 0 Å². The minimum absolute atomic E-state index is 0.0582. The Kier molecular flexibility index (Phi) is 7.68. The molecule has 0 heterocycles. The molecule has 0 unspecified atom stereocenters. The second-order valence-corrected chi connectivity index (χ2v) is 6.23. The van der Waals surface area contributed by atoms with Gasteiger partial charge in [-0.1, -0.05) is 47.5 Å². The number of hydrogen-bond acceptors (Lipinski definition) is 2. The molecule has 0 spiro atoms. The van der Waals surface area contributed by atoms with Crippen molar-refractivity contribution in [3.05, 3.63) is 70.8 Å². The van der Waals surface area contributed by atoms with E-state index in [0.29, 0.717) is 25.2 Å². The van der Waals surface area contributed by atoms with Crippen molar-refractivity contribution in [1.29, 1.82) is 0 Å². The van der Waals surface area contributed by atoms with Crippen LogP contribution < -0.4 is 16.0 Å². The summed E-state index contributed by atoms with van der Waals surface area (Å²) >= 11 is 0. The summed E-state index contributed by atoms with van der Waals surface area (Å²) in [7, 11) is 0. The van der Waals surface area contributed by atoms with Gasteiger partial charge in [-0.2, -0.15) is 0 Å². The Labute approximate surface area is 155 Å². The van der Waals surface area contributed by atoms with E-state index in [-0.39, 0.29) is 5.91 Å². The number of carbonyl (C=O) groups excluding carboxylic acids is 1. The number of aryl methyl sites for hydroxylation is 2. The van der Waals surface area contributed by atoms with Gasteiger partial charge in [0.1, 0.15) is 0 Å². The van der Waals surface area contributed by atoms with Gasteiger partial charge in [0.2, 0.25) is 0 Å². The number of nitrogens with one attached hydrogen (secondary N) is 3. The van der Waals surface area contributed by atoms with E-state index >= 15 is 0 Å². The number of guanidine groups is 1. The van der Waals surface area contributed by atoms with Crippen molar-refractivity contribution in [3.8, 4) is 0 Å². The number of rotatable bonds is 7. The Morgan fingerprint density at radius 2 is 1.65 bits per heavy atom. The van der Waals surface area contributed by atoms with Crippen molar-refractivity contribution in [2.45, 2.75) is 27.3 Å². The van der Waals surface area contributed by atoms with Crippen LogP contribution in [-0.2, 0) is 6.54 Å². The van der Waals surface area contributed by atoms with Crippen LogP contribution in [0.4, 0.5) is 0 Å². The van der Waals surface area contributed by atoms with E-state index in [4.69, 9.17) is 0 Å². The molecule has 0 atom stereocenters. The first-order valence-corrected chi connectivity index (χ1v) is 9.01. The fraction of sp³-hybridized carbons (Fsp3) is 0.333. The summed E-state index contributed by atoms with van der Waals surface area (Å²) in [5, 5.41) is 9.38. The van der Waals surface area contributed by atoms with Crippen LogP contribution in [0.15, 0.2) is 53.5 Å². The topological polar surface area (TPSA) is 65.5 Å². The van der Waals surface area contributed by atoms with Gasteiger partial charge in [0.25, 0.3) is 5.91 Å². The van der Waals surface area contributed by atoms with Crippen LogP contribution in [0, 0.1) is 13.8 Å². The normalized spacial score (nSPS) is 11.1. The molecule has 0 saturated heterocycles. The van der Waals surface area contributed by atoms with Crippen LogP contribution >= 0.6 is 0 Å². The number of amides is 1. The van der Waals surface area contributed by atoms with Gasteiger partial charge in [-0.3, -0.25) is 4.79 Å². The van der Waals surface area contributed by atoms with Gasteiger partial charge in [-0.05, 0) is 38.5 Å². The van der Waals surface area contributed by atoms with E-state index in [1.807, 2.05) is 38.1 Å². The number of hydrogen-bond donors (Lipinski definition) is 3. The minimum atomic E-state index is -0.0582. The molecule has 0 saturated carbocycles. The molecule has 0 radical (unpaired) electrons. The Balaban J connectivity index is 1.79. The third-order valence-corrected chi connectivity index (χ3v) is 3.87. The third kappa shape index (κ3) is 6.59. The zero-order chi connectivity index (χ0) is 18.8. The van der Waals surface area contributed by atoms with E-state index < -0.39 is 0 Å². The summed E-state index contributed by atoms with van der Waals surface area (Å²) in [5.41, 5.74) is 4.17. The highest BCUT2D eigenvalue weighted by molar-refractivity contribution is 5.94. The zero-order valence-corrected chi connectivity index (χ0v) is 15.8. The van der Waals surface area contributed by atoms with Gasteiger partial charge in [0, 0.05) is 25.2 Å². The first-order chi connectivity index (χ1) is 12.6. The Morgan fingerprint density at radius 1 is 0.923 bits per heavy atom. The van der Waals surface area contributed by atoms with E-state index in [0.717, 1.165) is 18.1 Å². The predicted octanol–water partition coefficient (Wildman–Crippen LogP) is 2.79. The predicted molar refractivity (Wildman–Crippen MR) is 108 cm³/mol. The van der Waals surface area contributed by atoms with Crippen LogP contribution in [0.25, 0.3) is 0 Å². The lowest BCUT2D eigenvalue weighted by Gasteiger charge is -2.12. The summed E-state index contributed by atoms with van der Waals surface area (Å²) in [4.78, 5) is 16.7. The van der Waals surface area contributed by atoms with Crippen molar-refractivity contribution in [2.75, 3.05) is 19.6 Å². The Hall–Kier alpha value is -2.82. The van der Waals surface area contributed by atoms with Gasteiger partial charge in [0.15, 0.2) is 5.96 Å². The average Bonchev–Trinajstić information content (AvgIpc) is 2.64. The second kappa shape index (κ2) is 10.2. The fourth-order valence-electron chi connectivity index (χ4n) is 2.45. The van der Waals surface area contributed by atoms with Gasteiger partial charge in [0.05, 0.1) is 6.54 Å². The van der Waals surface area contributed by atoms with Crippen LogP contribution in [0.5, 0.6) is 0 Å². The minimum Gasteiger partial charge on any atom is -0.357 e. The van der Waals surface area contributed by atoms with Crippen molar-refractivity contribution < 1.29 is 4.79 Å². The molecule has 2 aromatic carbocycles. The maximum atomic E-state index is 12.1. The number of nitrogens with zero attached hydrogens (tertiary/aromatic N) is 1. The molecule has 0 aliphatic carbocycles. The Bertz CT molecular complexity index is 738.